The van der Waals surface area contributed by atoms with Crippen LogP contribution in [0.2, 0.25) is 0 Å². The quantitative estimate of drug-likeness (QED) is 0.740. The van der Waals surface area contributed by atoms with Gasteiger partial charge in [0.2, 0.25) is 0 Å². The van der Waals surface area contributed by atoms with Crippen molar-refractivity contribution in [2.45, 2.75) is 45.2 Å². The Hall–Kier alpha value is -0.760. The largest absolute Gasteiger partial charge is 0.348 e. The molecule has 0 radical (unpaired) electrons. The molecule has 1 aromatic heterocycles. The summed E-state index contributed by atoms with van der Waals surface area (Å²) in [6.45, 7) is 2.85. The summed E-state index contributed by atoms with van der Waals surface area (Å²) in [7, 11) is 0. The molecule has 0 unspecified atom stereocenters. The minimum Gasteiger partial charge on any atom is -0.348 e. The minimum absolute atomic E-state index is 0.667. The number of rotatable bonds is 2. The molecule has 1 aromatic rings. The van der Waals surface area contributed by atoms with Gasteiger partial charge < -0.3 is 10.3 Å². The first kappa shape index (κ1) is 8.82. The minimum atomic E-state index is 0.667. The summed E-state index contributed by atoms with van der Waals surface area (Å²) in [6.07, 6.45) is 7.70. The molecule has 2 nitrogen and oxygen atoms in total. The maximum atomic E-state index is 5.62. The number of hydrogen-bond donors (Lipinski definition) is 1. The van der Waals surface area contributed by atoms with Crippen molar-refractivity contribution < 1.29 is 0 Å². The summed E-state index contributed by atoms with van der Waals surface area (Å²) in [4.78, 5) is 0. The zero-order valence-electron chi connectivity index (χ0n) is 8.29. The number of aromatic nitrogens is 1. The van der Waals surface area contributed by atoms with E-state index in [0.717, 1.165) is 6.04 Å². The summed E-state index contributed by atoms with van der Waals surface area (Å²) in [6, 6.07) is 2.96. The van der Waals surface area contributed by atoms with Crippen LogP contribution in [0.15, 0.2) is 12.3 Å². The van der Waals surface area contributed by atoms with Gasteiger partial charge in [0.25, 0.3) is 0 Å². The maximum absolute atomic E-state index is 5.62. The highest BCUT2D eigenvalue weighted by atomic mass is 15.0. The van der Waals surface area contributed by atoms with E-state index in [9.17, 15) is 0 Å². The summed E-state index contributed by atoms with van der Waals surface area (Å²) in [5.74, 6) is 0. The Labute approximate surface area is 79.7 Å². The molecule has 0 aromatic carbocycles. The van der Waals surface area contributed by atoms with Crippen molar-refractivity contribution >= 4 is 0 Å². The molecule has 72 valence electrons. The molecule has 2 heteroatoms. The monoisotopic (exact) mass is 178 g/mol. The SMILES string of the molecule is Cc1cc(CN)cn1C1CCCC1. The van der Waals surface area contributed by atoms with Crippen LogP contribution in [0.3, 0.4) is 0 Å². The van der Waals surface area contributed by atoms with Crippen molar-refractivity contribution in [3.05, 3.63) is 23.5 Å². The third kappa shape index (κ3) is 1.63. The Morgan fingerprint density at radius 2 is 2.15 bits per heavy atom. The number of aryl methyl sites for hydroxylation is 1. The van der Waals surface area contributed by atoms with E-state index in [1.54, 1.807) is 0 Å². The first-order valence-corrected chi connectivity index (χ1v) is 5.18. The Balaban J connectivity index is 2.22. The lowest BCUT2D eigenvalue weighted by molar-refractivity contribution is 0.510. The van der Waals surface area contributed by atoms with Crippen LogP contribution in [-0.4, -0.2) is 4.57 Å². The molecule has 13 heavy (non-hydrogen) atoms. The van der Waals surface area contributed by atoms with Gasteiger partial charge in [0.1, 0.15) is 0 Å². The molecule has 0 spiro atoms. The van der Waals surface area contributed by atoms with E-state index >= 15 is 0 Å². The van der Waals surface area contributed by atoms with E-state index in [1.165, 1.54) is 36.9 Å². The predicted octanol–water partition coefficient (Wildman–Crippen LogP) is 2.37. The van der Waals surface area contributed by atoms with Crippen LogP contribution in [-0.2, 0) is 6.54 Å². The number of hydrogen-bond acceptors (Lipinski definition) is 1. The van der Waals surface area contributed by atoms with E-state index in [1.807, 2.05) is 0 Å². The zero-order valence-corrected chi connectivity index (χ0v) is 8.29. The molecule has 0 amide bonds. The highest BCUT2D eigenvalue weighted by Gasteiger charge is 2.17. The molecule has 1 aliphatic rings. The predicted molar refractivity (Wildman–Crippen MR) is 54.6 cm³/mol. The van der Waals surface area contributed by atoms with Crippen molar-refractivity contribution in [2.24, 2.45) is 5.73 Å². The summed E-state index contributed by atoms with van der Waals surface area (Å²) in [5.41, 5.74) is 8.25. The zero-order chi connectivity index (χ0) is 9.26. The van der Waals surface area contributed by atoms with Crippen LogP contribution in [0.4, 0.5) is 0 Å². The van der Waals surface area contributed by atoms with E-state index in [-0.39, 0.29) is 0 Å². The van der Waals surface area contributed by atoms with Crippen LogP contribution in [0.5, 0.6) is 0 Å². The van der Waals surface area contributed by atoms with Gasteiger partial charge in [-0.1, -0.05) is 12.8 Å². The molecule has 0 atom stereocenters. The van der Waals surface area contributed by atoms with Gasteiger partial charge in [0.15, 0.2) is 0 Å². The van der Waals surface area contributed by atoms with Gasteiger partial charge >= 0.3 is 0 Å². The lowest BCUT2D eigenvalue weighted by atomic mass is 10.2. The average molecular weight is 178 g/mol. The van der Waals surface area contributed by atoms with E-state index < -0.39 is 0 Å². The third-order valence-electron chi connectivity index (χ3n) is 3.06. The van der Waals surface area contributed by atoms with Crippen molar-refractivity contribution in [3.8, 4) is 0 Å². The summed E-state index contributed by atoms with van der Waals surface area (Å²) < 4.78 is 2.41. The Morgan fingerprint density at radius 1 is 1.46 bits per heavy atom. The van der Waals surface area contributed by atoms with Gasteiger partial charge in [-0.05, 0) is 31.4 Å². The van der Waals surface area contributed by atoms with E-state index in [2.05, 4.69) is 23.8 Å². The van der Waals surface area contributed by atoms with Gasteiger partial charge in [0.05, 0.1) is 0 Å². The van der Waals surface area contributed by atoms with Gasteiger partial charge in [-0.25, -0.2) is 0 Å². The van der Waals surface area contributed by atoms with Crippen molar-refractivity contribution in [2.75, 3.05) is 0 Å². The molecule has 0 bridgehead atoms. The third-order valence-corrected chi connectivity index (χ3v) is 3.06. The summed E-state index contributed by atoms with van der Waals surface area (Å²) in [5, 5.41) is 0. The molecule has 0 aliphatic heterocycles. The second kappa shape index (κ2) is 3.54. The summed E-state index contributed by atoms with van der Waals surface area (Å²) >= 11 is 0. The lowest BCUT2D eigenvalue weighted by Gasteiger charge is -2.13. The molecule has 1 fully saturated rings. The first-order valence-electron chi connectivity index (χ1n) is 5.18. The van der Waals surface area contributed by atoms with E-state index in [4.69, 9.17) is 5.73 Å². The van der Waals surface area contributed by atoms with Crippen molar-refractivity contribution in [1.29, 1.82) is 0 Å². The van der Waals surface area contributed by atoms with Crippen LogP contribution in [0.25, 0.3) is 0 Å². The Kier molecular flexibility index (Phi) is 2.40. The fourth-order valence-corrected chi connectivity index (χ4v) is 2.35. The highest BCUT2D eigenvalue weighted by Crippen LogP contribution is 2.31. The molecular weight excluding hydrogens is 160 g/mol. The Bertz CT molecular complexity index is 282. The molecule has 1 heterocycles. The standard InChI is InChI=1S/C11H18N2/c1-9-6-10(7-12)8-13(9)11-4-2-3-5-11/h6,8,11H,2-5,7,12H2,1H3. The molecule has 0 saturated heterocycles. The van der Waals surface area contributed by atoms with Crippen LogP contribution >= 0.6 is 0 Å². The fourth-order valence-electron chi connectivity index (χ4n) is 2.35. The molecule has 1 aliphatic carbocycles. The topological polar surface area (TPSA) is 30.9 Å². The van der Waals surface area contributed by atoms with Crippen LogP contribution in [0, 0.1) is 6.92 Å². The smallest absolute Gasteiger partial charge is 0.0333 e. The first-order chi connectivity index (χ1) is 6.31. The normalized spacial score (nSPS) is 18.3. The number of nitrogens with zero attached hydrogens (tertiary/aromatic N) is 1. The number of nitrogens with two attached hydrogens (primary N) is 1. The van der Waals surface area contributed by atoms with Crippen LogP contribution < -0.4 is 5.73 Å². The second-order valence-corrected chi connectivity index (χ2v) is 4.04. The lowest BCUT2D eigenvalue weighted by Crippen LogP contribution is -2.04. The fraction of sp³-hybridized carbons (Fsp3) is 0.636. The van der Waals surface area contributed by atoms with Crippen LogP contribution in [0.1, 0.15) is 43.0 Å². The molecule has 2 N–H and O–H groups in total. The Morgan fingerprint density at radius 3 is 2.69 bits per heavy atom. The molecule has 2 rings (SSSR count). The highest BCUT2D eigenvalue weighted by molar-refractivity contribution is 5.18. The van der Waals surface area contributed by atoms with Gasteiger partial charge in [-0.15, -0.1) is 0 Å². The van der Waals surface area contributed by atoms with Gasteiger partial charge in [-0.2, -0.15) is 0 Å². The second-order valence-electron chi connectivity index (χ2n) is 4.04. The van der Waals surface area contributed by atoms with Crippen molar-refractivity contribution in [1.82, 2.24) is 4.57 Å². The maximum Gasteiger partial charge on any atom is 0.0333 e. The molecular formula is C11H18N2. The molecule has 1 saturated carbocycles. The van der Waals surface area contributed by atoms with Crippen molar-refractivity contribution in [3.63, 3.8) is 0 Å². The van der Waals surface area contributed by atoms with E-state index in [0.29, 0.717) is 6.54 Å². The average Bonchev–Trinajstić information content (AvgIpc) is 2.72. The van der Waals surface area contributed by atoms with Gasteiger partial charge in [-0.3, -0.25) is 0 Å². The van der Waals surface area contributed by atoms with Gasteiger partial charge in [0, 0.05) is 24.5 Å².